The Hall–Kier alpha value is -1.52. The third kappa shape index (κ3) is 6.19. The quantitative estimate of drug-likeness (QED) is 0.613. The molecule has 118 valence electrons. The Kier molecular flexibility index (Phi) is 8.55. The van der Waals surface area contributed by atoms with Gasteiger partial charge in [-0.2, -0.15) is 0 Å². The molecule has 0 aromatic heterocycles. The fourth-order valence-corrected chi connectivity index (χ4v) is 1.95. The van der Waals surface area contributed by atoms with Gasteiger partial charge in [0.1, 0.15) is 0 Å². The highest BCUT2D eigenvalue weighted by Gasteiger charge is 2.10. The highest BCUT2D eigenvalue weighted by molar-refractivity contribution is 5.55. The summed E-state index contributed by atoms with van der Waals surface area (Å²) in [7, 11) is 1.64. The van der Waals surface area contributed by atoms with E-state index in [9.17, 15) is 0 Å². The van der Waals surface area contributed by atoms with E-state index < -0.39 is 0 Å². The standard InChI is InChI=1S/C17H26O4/c1-5-8-14-9-10-15(16(13-14)18-4)21-12-11-17(19-6-2)20-7-3/h5,8-10,13,17H,6-7,11-12H2,1-4H3. The number of hydrogen-bond acceptors (Lipinski definition) is 4. The van der Waals surface area contributed by atoms with Gasteiger partial charge in [0, 0.05) is 19.6 Å². The first-order valence-corrected chi connectivity index (χ1v) is 7.41. The van der Waals surface area contributed by atoms with Crippen LogP contribution < -0.4 is 9.47 Å². The van der Waals surface area contributed by atoms with Gasteiger partial charge in [0.25, 0.3) is 0 Å². The van der Waals surface area contributed by atoms with Crippen molar-refractivity contribution in [2.75, 3.05) is 26.9 Å². The van der Waals surface area contributed by atoms with Gasteiger partial charge in [-0.3, -0.25) is 0 Å². The van der Waals surface area contributed by atoms with E-state index in [2.05, 4.69) is 0 Å². The average Bonchev–Trinajstić information content (AvgIpc) is 2.49. The molecule has 1 aromatic carbocycles. The van der Waals surface area contributed by atoms with Crippen molar-refractivity contribution in [3.05, 3.63) is 29.8 Å². The highest BCUT2D eigenvalue weighted by atomic mass is 16.7. The maximum Gasteiger partial charge on any atom is 0.161 e. The summed E-state index contributed by atoms with van der Waals surface area (Å²) >= 11 is 0. The molecule has 0 N–H and O–H groups in total. The first kappa shape index (κ1) is 17.5. The Morgan fingerprint density at radius 3 is 2.38 bits per heavy atom. The molecule has 0 saturated carbocycles. The van der Waals surface area contributed by atoms with E-state index in [1.165, 1.54) is 0 Å². The molecule has 0 fully saturated rings. The Morgan fingerprint density at radius 1 is 1.10 bits per heavy atom. The molecule has 0 spiro atoms. The van der Waals surface area contributed by atoms with Gasteiger partial charge in [-0.05, 0) is 38.5 Å². The second kappa shape index (κ2) is 10.2. The van der Waals surface area contributed by atoms with E-state index in [0.717, 1.165) is 17.1 Å². The number of hydrogen-bond donors (Lipinski definition) is 0. The molecule has 0 aliphatic heterocycles. The van der Waals surface area contributed by atoms with Crippen molar-refractivity contribution in [1.29, 1.82) is 0 Å². The van der Waals surface area contributed by atoms with Crippen molar-refractivity contribution in [1.82, 2.24) is 0 Å². The van der Waals surface area contributed by atoms with Gasteiger partial charge in [0.15, 0.2) is 17.8 Å². The van der Waals surface area contributed by atoms with Crippen molar-refractivity contribution in [3.63, 3.8) is 0 Å². The molecular weight excluding hydrogens is 268 g/mol. The molecule has 0 saturated heterocycles. The summed E-state index contributed by atoms with van der Waals surface area (Å²) < 4.78 is 22.1. The van der Waals surface area contributed by atoms with Crippen molar-refractivity contribution >= 4 is 6.08 Å². The molecule has 1 aromatic rings. The highest BCUT2D eigenvalue weighted by Crippen LogP contribution is 2.28. The Labute approximate surface area is 127 Å². The zero-order valence-electron chi connectivity index (χ0n) is 13.4. The van der Waals surface area contributed by atoms with Gasteiger partial charge in [-0.15, -0.1) is 0 Å². The van der Waals surface area contributed by atoms with E-state index in [1.54, 1.807) is 7.11 Å². The minimum atomic E-state index is -0.215. The molecule has 21 heavy (non-hydrogen) atoms. The van der Waals surface area contributed by atoms with Crippen LogP contribution in [0, 0.1) is 0 Å². The lowest BCUT2D eigenvalue weighted by Gasteiger charge is -2.17. The molecule has 4 nitrogen and oxygen atoms in total. The average molecular weight is 294 g/mol. The maximum atomic E-state index is 5.78. The van der Waals surface area contributed by atoms with Gasteiger partial charge in [-0.25, -0.2) is 0 Å². The molecule has 0 unspecified atom stereocenters. The molecular formula is C17H26O4. The van der Waals surface area contributed by atoms with Crippen LogP contribution in [0.25, 0.3) is 6.08 Å². The SMILES string of the molecule is CC=Cc1ccc(OCCC(OCC)OCC)c(OC)c1. The van der Waals surface area contributed by atoms with Gasteiger partial charge >= 0.3 is 0 Å². The number of rotatable bonds is 10. The Balaban J connectivity index is 2.57. The van der Waals surface area contributed by atoms with Crippen LogP contribution in [-0.4, -0.2) is 33.2 Å². The molecule has 1 rings (SSSR count). The lowest BCUT2D eigenvalue weighted by molar-refractivity contribution is -0.142. The second-order valence-corrected chi connectivity index (χ2v) is 4.39. The number of methoxy groups -OCH3 is 1. The normalized spacial score (nSPS) is 11.3. The van der Waals surface area contributed by atoms with E-state index >= 15 is 0 Å². The zero-order valence-corrected chi connectivity index (χ0v) is 13.4. The number of ether oxygens (including phenoxy) is 4. The van der Waals surface area contributed by atoms with Crippen LogP contribution in [0.3, 0.4) is 0 Å². The van der Waals surface area contributed by atoms with Crippen LogP contribution in [0.1, 0.15) is 32.8 Å². The second-order valence-electron chi connectivity index (χ2n) is 4.39. The van der Waals surface area contributed by atoms with Gasteiger partial charge in [0.2, 0.25) is 0 Å². The summed E-state index contributed by atoms with van der Waals surface area (Å²) in [4.78, 5) is 0. The van der Waals surface area contributed by atoms with Gasteiger partial charge in [0.05, 0.1) is 13.7 Å². The van der Waals surface area contributed by atoms with Crippen LogP contribution in [-0.2, 0) is 9.47 Å². The van der Waals surface area contributed by atoms with E-state index in [4.69, 9.17) is 18.9 Å². The summed E-state index contributed by atoms with van der Waals surface area (Å²) in [6, 6.07) is 5.88. The number of benzene rings is 1. The largest absolute Gasteiger partial charge is 0.493 e. The van der Waals surface area contributed by atoms with Crippen LogP contribution in [0.4, 0.5) is 0 Å². The minimum absolute atomic E-state index is 0.215. The van der Waals surface area contributed by atoms with Crippen molar-refractivity contribution < 1.29 is 18.9 Å². The molecule has 0 aliphatic carbocycles. The smallest absolute Gasteiger partial charge is 0.161 e. The van der Waals surface area contributed by atoms with Crippen molar-refractivity contribution in [2.45, 2.75) is 33.5 Å². The topological polar surface area (TPSA) is 36.9 Å². The summed E-state index contributed by atoms with van der Waals surface area (Å²) in [5, 5.41) is 0. The van der Waals surface area contributed by atoms with E-state index in [-0.39, 0.29) is 6.29 Å². The fourth-order valence-electron chi connectivity index (χ4n) is 1.95. The monoisotopic (exact) mass is 294 g/mol. The lowest BCUT2D eigenvalue weighted by atomic mass is 10.2. The van der Waals surface area contributed by atoms with Gasteiger partial charge < -0.3 is 18.9 Å². The van der Waals surface area contributed by atoms with E-state index in [1.807, 2.05) is 51.1 Å². The summed E-state index contributed by atoms with van der Waals surface area (Å²) in [5.41, 5.74) is 1.09. The summed E-state index contributed by atoms with van der Waals surface area (Å²) in [6.45, 7) is 7.67. The number of allylic oxidation sites excluding steroid dienone is 1. The molecule has 0 radical (unpaired) electrons. The molecule has 0 heterocycles. The van der Waals surface area contributed by atoms with Crippen LogP contribution in [0.5, 0.6) is 11.5 Å². The summed E-state index contributed by atoms with van der Waals surface area (Å²) in [6.07, 6.45) is 4.48. The molecule has 0 aliphatic rings. The van der Waals surface area contributed by atoms with E-state index in [0.29, 0.717) is 26.2 Å². The maximum absolute atomic E-state index is 5.78. The fraction of sp³-hybridized carbons (Fsp3) is 0.529. The Bertz CT molecular complexity index is 423. The Morgan fingerprint density at radius 2 is 1.81 bits per heavy atom. The molecule has 0 atom stereocenters. The lowest BCUT2D eigenvalue weighted by Crippen LogP contribution is -2.20. The third-order valence-electron chi connectivity index (χ3n) is 2.86. The third-order valence-corrected chi connectivity index (χ3v) is 2.86. The summed E-state index contributed by atoms with van der Waals surface area (Å²) in [5.74, 6) is 1.47. The van der Waals surface area contributed by atoms with Crippen LogP contribution in [0.15, 0.2) is 24.3 Å². The van der Waals surface area contributed by atoms with Crippen molar-refractivity contribution in [2.24, 2.45) is 0 Å². The molecule has 0 amide bonds. The van der Waals surface area contributed by atoms with Gasteiger partial charge in [-0.1, -0.05) is 18.2 Å². The molecule has 0 bridgehead atoms. The predicted molar refractivity (Wildman–Crippen MR) is 84.9 cm³/mol. The van der Waals surface area contributed by atoms with Crippen LogP contribution >= 0.6 is 0 Å². The molecule has 4 heteroatoms. The first-order chi connectivity index (χ1) is 10.2. The predicted octanol–water partition coefficient (Wildman–Crippen LogP) is 3.90. The first-order valence-electron chi connectivity index (χ1n) is 7.41. The minimum Gasteiger partial charge on any atom is -0.493 e. The zero-order chi connectivity index (χ0) is 15.5. The van der Waals surface area contributed by atoms with Crippen molar-refractivity contribution in [3.8, 4) is 11.5 Å². The van der Waals surface area contributed by atoms with Crippen LogP contribution in [0.2, 0.25) is 0 Å².